The van der Waals surface area contributed by atoms with E-state index in [9.17, 15) is 4.79 Å². The molecule has 0 fully saturated rings. The van der Waals surface area contributed by atoms with Crippen molar-refractivity contribution in [2.75, 3.05) is 7.11 Å². The maximum atomic E-state index is 12.3. The van der Waals surface area contributed by atoms with Gasteiger partial charge in [0.05, 0.1) is 7.11 Å². The highest BCUT2D eigenvalue weighted by Gasteiger charge is 2.14. The van der Waals surface area contributed by atoms with E-state index in [0.717, 1.165) is 11.1 Å². The van der Waals surface area contributed by atoms with Crippen LogP contribution in [0.1, 0.15) is 27.2 Å². The fourth-order valence-corrected chi connectivity index (χ4v) is 1.78. The van der Waals surface area contributed by atoms with Crippen LogP contribution in [0.25, 0.3) is 0 Å². The second-order valence-electron chi connectivity index (χ2n) is 4.09. The van der Waals surface area contributed by atoms with E-state index in [2.05, 4.69) is 9.97 Å². The molecule has 0 radical (unpaired) electrons. The van der Waals surface area contributed by atoms with Crippen molar-refractivity contribution in [3.05, 3.63) is 53.0 Å². The molecule has 0 bridgehead atoms. The number of rotatable bonds is 3. The quantitative estimate of drug-likeness (QED) is 0.775. The fraction of sp³-hybridized carbons (Fsp3) is 0.214. The van der Waals surface area contributed by atoms with Crippen molar-refractivity contribution in [3.63, 3.8) is 0 Å². The summed E-state index contributed by atoms with van der Waals surface area (Å²) < 4.78 is 4.99. The Bertz CT molecular complexity index is 594. The predicted octanol–water partition coefficient (Wildman–Crippen LogP) is 2.33. The molecule has 18 heavy (non-hydrogen) atoms. The molecule has 1 aromatic heterocycles. The molecule has 4 heteroatoms. The SMILES string of the molecule is COc1cc(C(=O)c2ccc(C)cc2C)ncn1. The van der Waals surface area contributed by atoms with Crippen molar-refractivity contribution >= 4 is 5.78 Å². The van der Waals surface area contributed by atoms with Crippen LogP contribution in [0.4, 0.5) is 0 Å². The molecule has 0 N–H and O–H groups in total. The molecule has 0 spiro atoms. The van der Waals surface area contributed by atoms with Gasteiger partial charge in [0.25, 0.3) is 0 Å². The Morgan fingerprint density at radius 1 is 1.17 bits per heavy atom. The summed E-state index contributed by atoms with van der Waals surface area (Å²) in [5.41, 5.74) is 3.07. The van der Waals surface area contributed by atoms with Gasteiger partial charge >= 0.3 is 0 Å². The highest BCUT2D eigenvalue weighted by Crippen LogP contribution is 2.16. The lowest BCUT2D eigenvalue weighted by molar-refractivity contribution is 0.103. The predicted molar refractivity (Wildman–Crippen MR) is 67.9 cm³/mol. The van der Waals surface area contributed by atoms with Crippen LogP contribution in [0.3, 0.4) is 0 Å². The lowest BCUT2D eigenvalue weighted by Gasteiger charge is -2.06. The minimum atomic E-state index is -0.117. The van der Waals surface area contributed by atoms with Crippen molar-refractivity contribution in [3.8, 4) is 5.88 Å². The normalized spacial score (nSPS) is 10.2. The number of aromatic nitrogens is 2. The van der Waals surface area contributed by atoms with Gasteiger partial charge in [-0.05, 0) is 19.4 Å². The van der Waals surface area contributed by atoms with Gasteiger partial charge in [-0.25, -0.2) is 9.97 Å². The average molecular weight is 242 g/mol. The van der Waals surface area contributed by atoms with E-state index in [-0.39, 0.29) is 5.78 Å². The summed E-state index contributed by atoms with van der Waals surface area (Å²) in [4.78, 5) is 20.2. The summed E-state index contributed by atoms with van der Waals surface area (Å²) in [7, 11) is 1.51. The minimum Gasteiger partial charge on any atom is -0.481 e. The second kappa shape index (κ2) is 4.96. The number of hydrogen-bond acceptors (Lipinski definition) is 4. The van der Waals surface area contributed by atoms with Crippen LogP contribution in [0, 0.1) is 13.8 Å². The van der Waals surface area contributed by atoms with Gasteiger partial charge in [0.2, 0.25) is 11.7 Å². The smallest absolute Gasteiger partial charge is 0.216 e. The number of carbonyl (C=O) groups excluding carboxylic acids is 1. The van der Waals surface area contributed by atoms with Gasteiger partial charge in [0.15, 0.2) is 0 Å². The number of aryl methyl sites for hydroxylation is 2. The first kappa shape index (κ1) is 12.2. The number of carbonyl (C=O) groups is 1. The number of methoxy groups -OCH3 is 1. The number of benzene rings is 1. The lowest BCUT2D eigenvalue weighted by atomic mass is 10.0. The Labute approximate surface area is 106 Å². The first-order valence-corrected chi connectivity index (χ1v) is 5.60. The molecule has 0 atom stereocenters. The molecule has 0 unspecified atom stereocenters. The minimum absolute atomic E-state index is 0.117. The molecule has 0 amide bonds. The van der Waals surface area contributed by atoms with Gasteiger partial charge < -0.3 is 4.74 Å². The van der Waals surface area contributed by atoms with Gasteiger partial charge in [-0.3, -0.25) is 4.79 Å². The van der Waals surface area contributed by atoms with Crippen molar-refractivity contribution < 1.29 is 9.53 Å². The molecule has 0 saturated heterocycles. The first-order valence-electron chi connectivity index (χ1n) is 5.60. The summed E-state index contributed by atoms with van der Waals surface area (Å²) in [5, 5.41) is 0. The van der Waals surface area contributed by atoms with Crippen LogP contribution in [0.5, 0.6) is 5.88 Å². The molecule has 4 nitrogen and oxygen atoms in total. The topological polar surface area (TPSA) is 52.1 Å². The molecule has 1 heterocycles. The third-order valence-corrected chi connectivity index (χ3v) is 2.71. The van der Waals surface area contributed by atoms with Crippen LogP contribution in [0.2, 0.25) is 0 Å². The Balaban J connectivity index is 2.41. The Hall–Kier alpha value is -2.23. The summed E-state index contributed by atoms with van der Waals surface area (Å²) in [6.07, 6.45) is 1.33. The maximum absolute atomic E-state index is 12.3. The largest absolute Gasteiger partial charge is 0.481 e. The Morgan fingerprint density at radius 3 is 2.61 bits per heavy atom. The number of nitrogens with zero attached hydrogens (tertiary/aromatic N) is 2. The zero-order valence-corrected chi connectivity index (χ0v) is 10.6. The van der Waals surface area contributed by atoms with Crippen molar-refractivity contribution in [2.24, 2.45) is 0 Å². The Morgan fingerprint density at radius 2 is 1.94 bits per heavy atom. The van der Waals surface area contributed by atoms with Crippen LogP contribution in [0.15, 0.2) is 30.6 Å². The molecule has 1 aromatic carbocycles. The van der Waals surface area contributed by atoms with E-state index in [0.29, 0.717) is 17.1 Å². The molecule has 2 rings (SSSR count). The first-order chi connectivity index (χ1) is 8.61. The zero-order chi connectivity index (χ0) is 13.1. The second-order valence-corrected chi connectivity index (χ2v) is 4.09. The van der Waals surface area contributed by atoms with Gasteiger partial charge in [0.1, 0.15) is 12.0 Å². The third kappa shape index (κ3) is 2.37. The summed E-state index contributed by atoms with van der Waals surface area (Å²) in [6.45, 7) is 3.91. The molecule has 0 aliphatic carbocycles. The van der Waals surface area contributed by atoms with E-state index in [1.165, 1.54) is 13.4 Å². The van der Waals surface area contributed by atoms with Crippen LogP contribution in [-0.2, 0) is 0 Å². The van der Waals surface area contributed by atoms with Gasteiger partial charge in [-0.2, -0.15) is 0 Å². The van der Waals surface area contributed by atoms with Crippen LogP contribution >= 0.6 is 0 Å². The van der Waals surface area contributed by atoms with Gasteiger partial charge in [0, 0.05) is 11.6 Å². The molecular weight excluding hydrogens is 228 g/mol. The van der Waals surface area contributed by atoms with Crippen LogP contribution < -0.4 is 4.74 Å². The van der Waals surface area contributed by atoms with E-state index in [1.54, 1.807) is 6.07 Å². The average Bonchev–Trinajstić information content (AvgIpc) is 2.38. The van der Waals surface area contributed by atoms with Gasteiger partial charge in [-0.15, -0.1) is 0 Å². The Kier molecular flexibility index (Phi) is 3.37. The molecule has 0 saturated carbocycles. The van der Waals surface area contributed by atoms with Gasteiger partial charge in [-0.1, -0.05) is 23.8 Å². The maximum Gasteiger partial charge on any atom is 0.216 e. The van der Waals surface area contributed by atoms with E-state index < -0.39 is 0 Å². The molecular formula is C14H14N2O2. The highest BCUT2D eigenvalue weighted by atomic mass is 16.5. The molecule has 92 valence electrons. The highest BCUT2D eigenvalue weighted by molar-refractivity contribution is 6.08. The van der Waals surface area contributed by atoms with Crippen molar-refractivity contribution in [1.29, 1.82) is 0 Å². The zero-order valence-electron chi connectivity index (χ0n) is 10.6. The van der Waals surface area contributed by atoms with E-state index in [1.807, 2.05) is 32.0 Å². The number of ether oxygens (including phenoxy) is 1. The standard InChI is InChI=1S/C14H14N2O2/c1-9-4-5-11(10(2)6-9)14(17)12-7-13(18-3)16-8-15-12/h4-8H,1-3H3. The molecule has 0 aliphatic heterocycles. The third-order valence-electron chi connectivity index (χ3n) is 2.71. The number of hydrogen-bond donors (Lipinski definition) is 0. The fourth-order valence-electron chi connectivity index (χ4n) is 1.78. The number of ketones is 1. The summed E-state index contributed by atoms with van der Waals surface area (Å²) >= 11 is 0. The van der Waals surface area contributed by atoms with Crippen molar-refractivity contribution in [1.82, 2.24) is 9.97 Å². The summed E-state index contributed by atoms with van der Waals surface area (Å²) in [6, 6.07) is 7.26. The van der Waals surface area contributed by atoms with Crippen LogP contribution in [-0.4, -0.2) is 22.9 Å². The monoisotopic (exact) mass is 242 g/mol. The summed E-state index contributed by atoms with van der Waals surface area (Å²) in [5.74, 6) is 0.270. The van der Waals surface area contributed by atoms with E-state index in [4.69, 9.17) is 4.74 Å². The lowest BCUT2D eigenvalue weighted by Crippen LogP contribution is -2.07. The molecule has 0 aliphatic rings. The van der Waals surface area contributed by atoms with Crippen molar-refractivity contribution in [2.45, 2.75) is 13.8 Å². The molecule has 2 aromatic rings. The van der Waals surface area contributed by atoms with E-state index >= 15 is 0 Å².